The van der Waals surface area contributed by atoms with Crippen molar-refractivity contribution in [3.05, 3.63) is 115 Å². The van der Waals surface area contributed by atoms with Crippen molar-refractivity contribution in [3.8, 4) is 28.0 Å². The number of hydrogen-bond acceptors (Lipinski definition) is 6. The zero-order chi connectivity index (χ0) is 32.2. The van der Waals surface area contributed by atoms with E-state index in [2.05, 4.69) is 68.3 Å². The summed E-state index contributed by atoms with van der Waals surface area (Å²) < 4.78 is 10.7. The van der Waals surface area contributed by atoms with Crippen molar-refractivity contribution in [2.24, 2.45) is 5.92 Å². The molecule has 1 aliphatic rings. The number of aryl methyl sites for hydroxylation is 1. The average molecular weight is 609 g/mol. The Hall–Kier alpha value is -4.26. The van der Waals surface area contributed by atoms with Crippen LogP contribution in [-0.2, 0) is 20.7 Å². The SMILES string of the molecule is C=CCCC1CCC(c2cc(OC(=O)C(=C)CO)ccc2-c2ccc(-c3ccc(CCCOC(=O)C(=C)CO)cc3)cc2)CC1. The molecule has 0 atom stereocenters. The minimum absolute atomic E-state index is 0.0262. The maximum Gasteiger partial charge on any atom is 0.341 e. The van der Waals surface area contributed by atoms with Gasteiger partial charge in [0, 0.05) is 0 Å². The molecule has 3 aromatic carbocycles. The fourth-order valence-corrected chi connectivity index (χ4v) is 5.88. The summed E-state index contributed by atoms with van der Waals surface area (Å²) in [4.78, 5) is 23.9. The van der Waals surface area contributed by atoms with Gasteiger partial charge in [-0.3, -0.25) is 0 Å². The summed E-state index contributed by atoms with van der Waals surface area (Å²) in [5.74, 6) is 0.375. The maximum absolute atomic E-state index is 12.3. The van der Waals surface area contributed by atoms with Crippen LogP contribution in [0, 0.1) is 5.92 Å². The summed E-state index contributed by atoms with van der Waals surface area (Å²) in [6.45, 7) is 10.4. The zero-order valence-electron chi connectivity index (χ0n) is 26.0. The van der Waals surface area contributed by atoms with Gasteiger partial charge in [0.1, 0.15) is 5.75 Å². The molecule has 6 nitrogen and oxygen atoms in total. The van der Waals surface area contributed by atoms with E-state index in [0.29, 0.717) is 18.1 Å². The number of rotatable bonds is 15. The number of carbonyl (C=O) groups excluding carboxylic acids is 2. The van der Waals surface area contributed by atoms with Gasteiger partial charge in [0.05, 0.1) is 31.0 Å². The van der Waals surface area contributed by atoms with Crippen molar-refractivity contribution >= 4 is 11.9 Å². The second kappa shape index (κ2) is 16.7. The van der Waals surface area contributed by atoms with Crippen LogP contribution in [-0.4, -0.2) is 42.0 Å². The molecule has 0 saturated heterocycles. The quantitative estimate of drug-likeness (QED) is 0.0603. The lowest BCUT2D eigenvalue weighted by molar-refractivity contribution is -0.139. The van der Waals surface area contributed by atoms with E-state index in [1.54, 1.807) is 0 Å². The molecule has 6 heteroatoms. The fraction of sp³-hybridized carbons (Fsp3) is 0.333. The van der Waals surface area contributed by atoms with Crippen molar-refractivity contribution < 1.29 is 29.3 Å². The molecule has 45 heavy (non-hydrogen) atoms. The predicted octanol–water partition coefficient (Wildman–Crippen LogP) is 7.74. The van der Waals surface area contributed by atoms with E-state index in [0.717, 1.165) is 59.4 Å². The monoisotopic (exact) mass is 608 g/mol. The number of benzene rings is 3. The van der Waals surface area contributed by atoms with Crippen LogP contribution in [0.25, 0.3) is 22.3 Å². The predicted molar refractivity (Wildman–Crippen MR) is 179 cm³/mol. The second-order valence-electron chi connectivity index (χ2n) is 11.8. The first-order valence-electron chi connectivity index (χ1n) is 15.7. The van der Waals surface area contributed by atoms with Crippen LogP contribution in [0.4, 0.5) is 0 Å². The van der Waals surface area contributed by atoms with Gasteiger partial charge < -0.3 is 19.7 Å². The van der Waals surface area contributed by atoms with Crippen LogP contribution in [0.2, 0.25) is 0 Å². The smallest absolute Gasteiger partial charge is 0.341 e. The first-order valence-corrected chi connectivity index (χ1v) is 15.7. The Morgan fingerprint density at radius 1 is 0.800 bits per heavy atom. The summed E-state index contributed by atoms with van der Waals surface area (Å²) in [5, 5.41) is 18.3. The Balaban J connectivity index is 1.47. The highest BCUT2D eigenvalue weighted by atomic mass is 16.5. The van der Waals surface area contributed by atoms with Crippen LogP contribution < -0.4 is 4.74 Å². The van der Waals surface area contributed by atoms with Crippen LogP contribution in [0.5, 0.6) is 5.75 Å². The number of ether oxygens (including phenoxy) is 2. The first-order chi connectivity index (χ1) is 21.8. The number of hydrogen-bond donors (Lipinski definition) is 2. The Kier molecular flexibility index (Phi) is 12.5. The highest BCUT2D eigenvalue weighted by Gasteiger charge is 2.25. The Bertz CT molecular complexity index is 1480. The first kappa shape index (κ1) is 33.6. The van der Waals surface area contributed by atoms with E-state index in [1.807, 2.05) is 24.3 Å². The van der Waals surface area contributed by atoms with Gasteiger partial charge in [-0.1, -0.05) is 73.8 Å². The van der Waals surface area contributed by atoms with Gasteiger partial charge in [-0.05, 0) is 109 Å². The average Bonchev–Trinajstić information content (AvgIpc) is 3.08. The van der Waals surface area contributed by atoms with Gasteiger partial charge in [-0.2, -0.15) is 0 Å². The lowest BCUT2D eigenvalue weighted by Gasteiger charge is -2.30. The highest BCUT2D eigenvalue weighted by Crippen LogP contribution is 2.43. The topological polar surface area (TPSA) is 93.1 Å². The molecular weight excluding hydrogens is 564 g/mol. The van der Waals surface area contributed by atoms with E-state index in [1.165, 1.54) is 24.8 Å². The molecule has 4 rings (SSSR count). The summed E-state index contributed by atoms with van der Waals surface area (Å²) >= 11 is 0. The molecule has 0 bridgehead atoms. The molecule has 2 N–H and O–H groups in total. The Labute approximate surface area is 266 Å². The molecule has 1 fully saturated rings. The fourth-order valence-electron chi connectivity index (χ4n) is 5.88. The zero-order valence-corrected chi connectivity index (χ0v) is 26.0. The van der Waals surface area contributed by atoms with Crippen LogP contribution in [0.3, 0.4) is 0 Å². The molecule has 0 heterocycles. The molecule has 236 valence electrons. The maximum atomic E-state index is 12.3. The lowest BCUT2D eigenvalue weighted by Crippen LogP contribution is -2.15. The number of aliphatic hydroxyl groups is 2. The summed E-state index contributed by atoms with van der Waals surface area (Å²) in [7, 11) is 0. The summed E-state index contributed by atoms with van der Waals surface area (Å²) in [6, 6.07) is 22.8. The van der Waals surface area contributed by atoms with E-state index in [-0.39, 0.29) is 17.8 Å². The van der Waals surface area contributed by atoms with Gasteiger partial charge in [0.2, 0.25) is 0 Å². The third-order valence-corrected chi connectivity index (χ3v) is 8.58. The summed E-state index contributed by atoms with van der Waals surface area (Å²) in [6.07, 6.45) is 10.2. The molecule has 0 amide bonds. The Morgan fingerprint density at radius 3 is 2.02 bits per heavy atom. The molecule has 0 aliphatic heterocycles. The van der Waals surface area contributed by atoms with Crippen LogP contribution >= 0.6 is 0 Å². The lowest BCUT2D eigenvalue weighted by atomic mass is 9.75. The van der Waals surface area contributed by atoms with Gasteiger partial charge in [-0.15, -0.1) is 6.58 Å². The third-order valence-electron chi connectivity index (χ3n) is 8.58. The van der Waals surface area contributed by atoms with Crippen molar-refractivity contribution in [1.82, 2.24) is 0 Å². The van der Waals surface area contributed by atoms with Gasteiger partial charge in [0.15, 0.2) is 0 Å². The third kappa shape index (κ3) is 9.37. The molecule has 1 saturated carbocycles. The van der Waals surface area contributed by atoms with Crippen molar-refractivity contribution in [2.45, 2.75) is 57.3 Å². The van der Waals surface area contributed by atoms with Crippen molar-refractivity contribution in [1.29, 1.82) is 0 Å². The minimum atomic E-state index is -0.618. The normalized spacial score (nSPS) is 16.0. The van der Waals surface area contributed by atoms with Crippen LogP contribution in [0.15, 0.2) is 104 Å². The molecule has 0 aromatic heterocycles. The van der Waals surface area contributed by atoms with Gasteiger partial charge in [-0.25, -0.2) is 9.59 Å². The number of esters is 2. The standard InChI is InChI=1S/C39H44O6/c1-4-5-7-29-11-15-34(16-12-29)37-24-35(45-39(43)28(3)26-41)21-22-36(37)33-19-17-32(18-20-33)31-13-9-30(10-14-31)8-6-23-44-38(42)27(2)25-40/h4,9-10,13-14,17-22,24,29,34,40-41H,1-3,5-8,11-12,15-16,23,25-26H2. The molecule has 0 radical (unpaired) electrons. The number of allylic oxidation sites excluding steroid dienone is 1. The van der Waals surface area contributed by atoms with Crippen LogP contribution in [0.1, 0.15) is 62.0 Å². The minimum Gasteiger partial charge on any atom is -0.462 e. The van der Waals surface area contributed by atoms with Gasteiger partial charge >= 0.3 is 11.9 Å². The molecule has 3 aromatic rings. The number of aliphatic hydroxyl groups excluding tert-OH is 2. The van der Waals surface area contributed by atoms with Gasteiger partial charge in [0.25, 0.3) is 0 Å². The molecular formula is C39H44O6. The van der Waals surface area contributed by atoms with E-state index >= 15 is 0 Å². The van der Waals surface area contributed by atoms with E-state index < -0.39 is 25.2 Å². The molecule has 0 unspecified atom stereocenters. The van der Waals surface area contributed by atoms with E-state index in [4.69, 9.17) is 14.6 Å². The Morgan fingerprint density at radius 2 is 1.40 bits per heavy atom. The second-order valence-corrected chi connectivity index (χ2v) is 11.8. The van der Waals surface area contributed by atoms with Crippen molar-refractivity contribution in [3.63, 3.8) is 0 Å². The largest absolute Gasteiger partial charge is 0.462 e. The molecule has 0 spiro atoms. The van der Waals surface area contributed by atoms with Crippen molar-refractivity contribution in [2.75, 3.05) is 19.8 Å². The number of carbonyl (C=O) groups is 2. The molecule has 1 aliphatic carbocycles. The highest BCUT2D eigenvalue weighted by molar-refractivity contribution is 5.90. The summed E-state index contributed by atoms with van der Waals surface area (Å²) in [5.41, 5.74) is 6.88. The van der Waals surface area contributed by atoms with E-state index in [9.17, 15) is 14.7 Å².